The molecule has 1 fully saturated rings. The highest BCUT2D eigenvalue weighted by atomic mass is 16.5. The zero-order valence-electron chi connectivity index (χ0n) is 18.3. The SMILES string of the molecule is O=C(c1ccc2[nH]ccc2c1)N1CCOc2ccc(CN3CCN(CCO)CC3)cc2C1. The first-order valence-corrected chi connectivity index (χ1v) is 11.4. The molecule has 32 heavy (non-hydrogen) atoms. The summed E-state index contributed by atoms with van der Waals surface area (Å²) in [5.74, 6) is 0.910. The quantitative estimate of drug-likeness (QED) is 0.645. The molecular formula is C25H30N4O3. The van der Waals surface area contributed by atoms with Crippen LogP contribution in [-0.4, -0.2) is 83.2 Å². The molecule has 2 aliphatic rings. The minimum absolute atomic E-state index is 0.0370. The van der Waals surface area contributed by atoms with Crippen molar-refractivity contribution in [2.75, 3.05) is 52.5 Å². The van der Waals surface area contributed by atoms with Crippen molar-refractivity contribution in [1.29, 1.82) is 0 Å². The number of aromatic nitrogens is 1. The molecule has 2 N–H and O–H groups in total. The molecule has 0 aliphatic carbocycles. The van der Waals surface area contributed by atoms with E-state index in [9.17, 15) is 4.79 Å². The molecule has 7 heteroatoms. The van der Waals surface area contributed by atoms with Crippen LogP contribution in [0.15, 0.2) is 48.7 Å². The van der Waals surface area contributed by atoms with Crippen molar-refractivity contribution in [3.63, 3.8) is 0 Å². The summed E-state index contributed by atoms with van der Waals surface area (Å²) in [6, 6.07) is 14.2. The highest BCUT2D eigenvalue weighted by molar-refractivity contribution is 5.98. The van der Waals surface area contributed by atoms with E-state index >= 15 is 0 Å². The maximum absolute atomic E-state index is 13.2. The van der Waals surface area contributed by atoms with Gasteiger partial charge in [0.15, 0.2) is 0 Å². The van der Waals surface area contributed by atoms with E-state index in [1.807, 2.05) is 41.4 Å². The average Bonchev–Trinajstić information content (AvgIpc) is 3.18. The van der Waals surface area contributed by atoms with E-state index in [0.717, 1.165) is 61.5 Å². The Morgan fingerprint density at radius 3 is 2.69 bits per heavy atom. The third-order valence-electron chi connectivity index (χ3n) is 6.48. The zero-order valence-corrected chi connectivity index (χ0v) is 18.3. The molecule has 3 aromatic rings. The number of carbonyl (C=O) groups is 1. The van der Waals surface area contributed by atoms with Crippen LogP contribution in [-0.2, 0) is 13.1 Å². The van der Waals surface area contributed by atoms with Crippen LogP contribution < -0.4 is 4.74 Å². The van der Waals surface area contributed by atoms with Gasteiger partial charge in [-0.15, -0.1) is 0 Å². The van der Waals surface area contributed by atoms with E-state index in [1.165, 1.54) is 5.56 Å². The minimum Gasteiger partial charge on any atom is -0.491 e. The molecule has 0 unspecified atom stereocenters. The van der Waals surface area contributed by atoms with Gasteiger partial charge in [-0.1, -0.05) is 6.07 Å². The predicted octanol–water partition coefficient (Wildman–Crippen LogP) is 2.31. The first-order chi connectivity index (χ1) is 15.7. The molecule has 0 atom stereocenters. The van der Waals surface area contributed by atoms with Gasteiger partial charge in [0.1, 0.15) is 12.4 Å². The first kappa shape index (κ1) is 21.0. The molecular weight excluding hydrogens is 404 g/mol. The Hall–Kier alpha value is -2.87. The fourth-order valence-corrected chi connectivity index (χ4v) is 4.66. The number of carbonyl (C=O) groups excluding carboxylic acids is 1. The molecule has 2 aliphatic heterocycles. The number of H-pyrrole nitrogens is 1. The molecule has 168 valence electrons. The molecule has 1 amide bonds. The van der Waals surface area contributed by atoms with Gasteiger partial charge in [0.25, 0.3) is 5.91 Å². The Morgan fingerprint density at radius 2 is 1.84 bits per heavy atom. The second-order valence-corrected chi connectivity index (χ2v) is 8.64. The van der Waals surface area contributed by atoms with Crippen LogP contribution in [0.1, 0.15) is 21.5 Å². The van der Waals surface area contributed by atoms with E-state index in [0.29, 0.717) is 25.3 Å². The molecule has 0 spiro atoms. The topological polar surface area (TPSA) is 72.0 Å². The maximum atomic E-state index is 13.2. The van der Waals surface area contributed by atoms with E-state index in [1.54, 1.807) is 0 Å². The number of β-amino-alcohol motifs (C(OH)–C–C–N with tert-alkyl or cyclic N) is 1. The summed E-state index contributed by atoms with van der Waals surface area (Å²) >= 11 is 0. The van der Waals surface area contributed by atoms with E-state index in [-0.39, 0.29) is 12.5 Å². The molecule has 0 radical (unpaired) electrons. The van der Waals surface area contributed by atoms with Crippen LogP contribution in [0.4, 0.5) is 0 Å². The number of nitrogens with zero attached hydrogens (tertiary/aromatic N) is 3. The Balaban J connectivity index is 1.28. The molecule has 5 rings (SSSR count). The minimum atomic E-state index is 0.0370. The summed E-state index contributed by atoms with van der Waals surface area (Å²) in [5, 5.41) is 10.2. The fourth-order valence-electron chi connectivity index (χ4n) is 4.66. The summed E-state index contributed by atoms with van der Waals surface area (Å²) in [6.45, 7) is 7.46. The van der Waals surface area contributed by atoms with Gasteiger partial charge in [0.2, 0.25) is 0 Å². The van der Waals surface area contributed by atoms with Crippen molar-refractivity contribution in [2.45, 2.75) is 13.1 Å². The Kier molecular flexibility index (Phi) is 6.12. The van der Waals surface area contributed by atoms with Crippen LogP contribution in [0.25, 0.3) is 10.9 Å². The monoisotopic (exact) mass is 434 g/mol. The van der Waals surface area contributed by atoms with Crippen molar-refractivity contribution in [2.24, 2.45) is 0 Å². The van der Waals surface area contributed by atoms with E-state index < -0.39 is 0 Å². The number of ether oxygens (including phenoxy) is 1. The molecule has 3 heterocycles. The van der Waals surface area contributed by atoms with E-state index in [4.69, 9.17) is 9.84 Å². The number of hydrogen-bond donors (Lipinski definition) is 2. The van der Waals surface area contributed by atoms with Crippen molar-refractivity contribution in [1.82, 2.24) is 19.7 Å². The summed E-state index contributed by atoms with van der Waals surface area (Å²) in [5.41, 5.74) is 4.05. The Bertz CT molecular complexity index is 1090. The van der Waals surface area contributed by atoms with Crippen LogP contribution in [0.5, 0.6) is 5.75 Å². The predicted molar refractivity (Wildman–Crippen MR) is 124 cm³/mol. The lowest BCUT2D eigenvalue weighted by Gasteiger charge is -2.34. The van der Waals surface area contributed by atoms with Crippen molar-refractivity contribution < 1.29 is 14.6 Å². The van der Waals surface area contributed by atoms with Gasteiger partial charge in [-0.2, -0.15) is 0 Å². The number of fused-ring (bicyclic) bond motifs is 2. The molecule has 7 nitrogen and oxygen atoms in total. The number of hydrogen-bond acceptors (Lipinski definition) is 5. The van der Waals surface area contributed by atoms with Crippen LogP contribution in [0.3, 0.4) is 0 Å². The summed E-state index contributed by atoms with van der Waals surface area (Å²) in [6.07, 6.45) is 1.89. The summed E-state index contributed by atoms with van der Waals surface area (Å²) in [4.78, 5) is 23.1. The number of amides is 1. The van der Waals surface area contributed by atoms with Crippen LogP contribution in [0, 0.1) is 0 Å². The number of piperazine rings is 1. The number of aromatic amines is 1. The van der Waals surface area contributed by atoms with Gasteiger partial charge in [-0.25, -0.2) is 0 Å². The first-order valence-electron chi connectivity index (χ1n) is 11.4. The molecule has 0 saturated carbocycles. The van der Waals surface area contributed by atoms with Gasteiger partial charge >= 0.3 is 0 Å². The van der Waals surface area contributed by atoms with Gasteiger partial charge < -0.3 is 19.7 Å². The standard InChI is InChI=1S/C25H30N4O3/c30-13-11-27-7-9-28(10-8-27)17-19-1-4-24-22(15-19)18-29(12-14-32-24)25(31)21-2-3-23-20(16-21)5-6-26-23/h1-6,15-16,26,30H,7-14,17-18H2. The summed E-state index contributed by atoms with van der Waals surface area (Å²) < 4.78 is 5.97. The van der Waals surface area contributed by atoms with Gasteiger partial charge in [-0.3, -0.25) is 14.6 Å². The third-order valence-corrected chi connectivity index (χ3v) is 6.48. The molecule has 0 bridgehead atoms. The maximum Gasteiger partial charge on any atom is 0.254 e. The third kappa shape index (κ3) is 4.50. The zero-order chi connectivity index (χ0) is 21.9. The molecule has 2 aromatic carbocycles. The second-order valence-electron chi connectivity index (χ2n) is 8.64. The van der Waals surface area contributed by atoms with Gasteiger partial charge in [-0.05, 0) is 42.0 Å². The van der Waals surface area contributed by atoms with Crippen LogP contribution >= 0.6 is 0 Å². The van der Waals surface area contributed by atoms with Crippen molar-refractivity contribution in [3.8, 4) is 5.75 Å². The van der Waals surface area contributed by atoms with E-state index in [2.05, 4.69) is 26.9 Å². The largest absolute Gasteiger partial charge is 0.491 e. The normalized spacial score (nSPS) is 17.7. The smallest absolute Gasteiger partial charge is 0.254 e. The number of rotatable bonds is 5. The highest BCUT2D eigenvalue weighted by Gasteiger charge is 2.22. The van der Waals surface area contributed by atoms with Crippen molar-refractivity contribution in [3.05, 3.63) is 65.4 Å². The number of nitrogens with one attached hydrogen (secondary N) is 1. The van der Waals surface area contributed by atoms with Crippen molar-refractivity contribution >= 4 is 16.8 Å². The average molecular weight is 435 g/mol. The lowest BCUT2D eigenvalue weighted by molar-refractivity contribution is 0.0733. The number of benzene rings is 2. The Labute approximate surface area is 188 Å². The van der Waals surface area contributed by atoms with Gasteiger partial charge in [0.05, 0.1) is 13.2 Å². The second kappa shape index (κ2) is 9.32. The fraction of sp³-hybridized carbons (Fsp3) is 0.400. The molecule has 1 aromatic heterocycles. The lowest BCUT2D eigenvalue weighted by Crippen LogP contribution is -2.46. The van der Waals surface area contributed by atoms with Crippen LogP contribution in [0.2, 0.25) is 0 Å². The number of aliphatic hydroxyl groups is 1. The summed E-state index contributed by atoms with van der Waals surface area (Å²) in [7, 11) is 0. The lowest BCUT2D eigenvalue weighted by atomic mass is 10.1. The Morgan fingerprint density at radius 1 is 1.00 bits per heavy atom. The molecule has 1 saturated heterocycles. The van der Waals surface area contributed by atoms with Gasteiger partial charge in [0, 0.05) is 74.0 Å². The number of aliphatic hydroxyl groups excluding tert-OH is 1. The highest BCUT2D eigenvalue weighted by Crippen LogP contribution is 2.26.